The third kappa shape index (κ3) is 13.8. The van der Waals surface area contributed by atoms with Crippen molar-refractivity contribution in [3.8, 4) is 0 Å². The van der Waals surface area contributed by atoms with Crippen molar-refractivity contribution in [3.05, 3.63) is 90.0 Å². The number of H-pyrrole nitrogens is 1. The van der Waals surface area contributed by atoms with Crippen molar-refractivity contribution in [2.45, 2.75) is 83.5 Å². The van der Waals surface area contributed by atoms with Gasteiger partial charge in [0, 0.05) is 49.5 Å². The first-order valence-corrected chi connectivity index (χ1v) is 17.6. The van der Waals surface area contributed by atoms with Crippen molar-refractivity contribution in [3.63, 3.8) is 0 Å². The molecular weight excluding hydrogens is 664 g/mol. The summed E-state index contributed by atoms with van der Waals surface area (Å²) in [5, 5.41) is 5.46. The summed E-state index contributed by atoms with van der Waals surface area (Å²) in [5.74, 6) is -3.79. The Bertz CT molecular complexity index is 1600. The molecule has 2 aromatic carbocycles. The number of hydrogen-bond donors (Lipinski definition) is 6. The van der Waals surface area contributed by atoms with Gasteiger partial charge in [-0.1, -0.05) is 74.0 Å². The molecular formula is C38H52N8O6. The number of nitrogens with zero attached hydrogens (tertiary/aromatic N) is 2. The highest BCUT2D eigenvalue weighted by atomic mass is 16.2. The zero-order valence-corrected chi connectivity index (χ0v) is 30.0. The van der Waals surface area contributed by atoms with E-state index in [0.29, 0.717) is 31.5 Å². The van der Waals surface area contributed by atoms with Crippen molar-refractivity contribution in [1.29, 1.82) is 0 Å². The molecule has 1 heterocycles. The van der Waals surface area contributed by atoms with E-state index in [1.54, 1.807) is 13.1 Å². The van der Waals surface area contributed by atoms with Crippen LogP contribution < -0.4 is 27.8 Å². The van der Waals surface area contributed by atoms with Gasteiger partial charge in [0.25, 0.3) is 0 Å². The van der Waals surface area contributed by atoms with Crippen LogP contribution in [0.5, 0.6) is 0 Å². The number of carbonyl (C=O) groups is 6. The summed E-state index contributed by atoms with van der Waals surface area (Å²) in [6, 6.07) is 14.7. The number of unbranched alkanes of at least 4 members (excludes halogenated alkanes) is 1. The minimum atomic E-state index is -0.999. The Hall–Kier alpha value is -5.21. The van der Waals surface area contributed by atoms with E-state index in [9.17, 15) is 28.8 Å². The van der Waals surface area contributed by atoms with Gasteiger partial charge in [0.1, 0.15) is 0 Å². The molecule has 14 heteroatoms. The molecule has 280 valence electrons. The number of hydrogen-bond acceptors (Lipinski definition) is 9. The van der Waals surface area contributed by atoms with Gasteiger partial charge in [0.05, 0.1) is 31.0 Å². The van der Waals surface area contributed by atoms with Crippen LogP contribution in [0.25, 0.3) is 0 Å². The number of ketones is 3. The maximum atomic E-state index is 13.5. The Morgan fingerprint density at radius 2 is 1.48 bits per heavy atom. The average molecular weight is 717 g/mol. The number of aromatic amines is 1. The molecule has 0 spiro atoms. The van der Waals surface area contributed by atoms with E-state index in [-0.39, 0.29) is 50.3 Å². The quantitative estimate of drug-likeness (QED) is 0.0786. The van der Waals surface area contributed by atoms with Crippen molar-refractivity contribution < 1.29 is 28.8 Å². The zero-order valence-electron chi connectivity index (χ0n) is 30.0. The van der Waals surface area contributed by atoms with E-state index in [1.807, 2.05) is 60.7 Å². The van der Waals surface area contributed by atoms with Gasteiger partial charge in [-0.15, -0.1) is 0 Å². The van der Waals surface area contributed by atoms with Crippen LogP contribution in [0, 0.1) is 11.8 Å². The predicted molar refractivity (Wildman–Crippen MR) is 196 cm³/mol. The van der Waals surface area contributed by atoms with Gasteiger partial charge in [-0.3, -0.25) is 24.0 Å². The highest BCUT2D eigenvalue weighted by Gasteiger charge is 2.30. The third-order valence-electron chi connectivity index (χ3n) is 8.88. The lowest BCUT2D eigenvalue weighted by molar-refractivity contribution is -0.133. The molecule has 52 heavy (non-hydrogen) atoms. The number of aromatic nitrogens is 2. The molecule has 0 unspecified atom stereocenters. The van der Waals surface area contributed by atoms with E-state index in [1.165, 1.54) is 18.2 Å². The van der Waals surface area contributed by atoms with Gasteiger partial charge in [0.15, 0.2) is 17.3 Å². The number of urea groups is 1. The fourth-order valence-corrected chi connectivity index (χ4v) is 5.66. The molecule has 14 nitrogen and oxygen atoms in total. The van der Waals surface area contributed by atoms with Gasteiger partial charge in [0.2, 0.25) is 11.8 Å². The van der Waals surface area contributed by atoms with Crippen LogP contribution in [-0.4, -0.2) is 81.3 Å². The summed E-state index contributed by atoms with van der Waals surface area (Å²) in [4.78, 5) is 87.0. The highest BCUT2D eigenvalue weighted by Crippen LogP contribution is 2.17. The third-order valence-corrected chi connectivity index (χ3v) is 8.88. The minimum absolute atomic E-state index is 0.0926. The molecule has 0 aliphatic carbocycles. The second kappa shape index (κ2) is 21.2. The second-order valence-corrected chi connectivity index (χ2v) is 13.2. The normalized spacial score (nSPS) is 13.9. The Kier molecular flexibility index (Phi) is 16.8. The number of primary amides is 1. The molecule has 0 fully saturated rings. The predicted octanol–water partition coefficient (Wildman–Crippen LogP) is 1.96. The van der Waals surface area contributed by atoms with E-state index in [4.69, 9.17) is 17.2 Å². The monoisotopic (exact) mass is 716 g/mol. The maximum Gasteiger partial charge on any atom is 0.318 e. The topological polar surface area (TPSA) is 236 Å². The zero-order chi connectivity index (χ0) is 38.0. The average Bonchev–Trinajstić information content (AvgIpc) is 3.64. The van der Waals surface area contributed by atoms with Gasteiger partial charge in [-0.05, 0) is 43.9 Å². The lowest BCUT2D eigenvalue weighted by Gasteiger charge is -2.26. The molecule has 0 aliphatic heterocycles. The summed E-state index contributed by atoms with van der Waals surface area (Å²) >= 11 is 0. The fourth-order valence-electron chi connectivity index (χ4n) is 5.66. The van der Waals surface area contributed by atoms with Crippen LogP contribution >= 0.6 is 0 Å². The number of Topliss-reactive ketones (excluding diaryl/α,β-unsaturated/α-hetero) is 3. The first-order valence-electron chi connectivity index (χ1n) is 17.6. The Morgan fingerprint density at radius 1 is 0.827 bits per heavy atom. The molecule has 1 aromatic heterocycles. The van der Waals surface area contributed by atoms with Crippen molar-refractivity contribution in [1.82, 2.24) is 25.5 Å². The van der Waals surface area contributed by atoms with E-state index >= 15 is 0 Å². The fraction of sp³-hybridized carbons (Fsp3) is 0.447. The van der Waals surface area contributed by atoms with Crippen LogP contribution in [0.3, 0.4) is 0 Å². The van der Waals surface area contributed by atoms with Crippen molar-refractivity contribution in [2.75, 3.05) is 13.1 Å². The summed E-state index contributed by atoms with van der Waals surface area (Å²) in [6.45, 7) is 3.32. The number of nitrogens with one attached hydrogen (secondary N) is 3. The maximum absolute atomic E-state index is 13.5. The van der Waals surface area contributed by atoms with Crippen LogP contribution in [0.4, 0.5) is 4.79 Å². The lowest BCUT2D eigenvalue weighted by atomic mass is 9.90. The van der Waals surface area contributed by atoms with Crippen molar-refractivity contribution in [2.24, 2.45) is 29.0 Å². The number of amides is 4. The second-order valence-electron chi connectivity index (χ2n) is 13.2. The van der Waals surface area contributed by atoms with Crippen LogP contribution in [-0.2, 0) is 43.4 Å². The molecule has 0 bridgehead atoms. The van der Waals surface area contributed by atoms with Gasteiger partial charge < -0.3 is 37.7 Å². The Balaban J connectivity index is 1.64. The molecule has 9 N–H and O–H groups in total. The van der Waals surface area contributed by atoms with Gasteiger partial charge >= 0.3 is 6.03 Å². The smallest absolute Gasteiger partial charge is 0.318 e. The van der Waals surface area contributed by atoms with E-state index in [0.717, 1.165) is 11.1 Å². The Morgan fingerprint density at radius 3 is 2.08 bits per heavy atom. The summed E-state index contributed by atoms with van der Waals surface area (Å²) in [7, 11) is 0. The van der Waals surface area contributed by atoms with Crippen LogP contribution in [0.1, 0.15) is 62.8 Å². The molecule has 3 rings (SSSR count). The largest absolute Gasteiger partial charge is 0.369 e. The summed E-state index contributed by atoms with van der Waals surface area (Å²) < 4.78 is 0. The molecule has 5 atom stereocenters. The lowest BCUT2D eigenvalue weighted by Crippen LogP contribution is -2.50. The standard InChI is InChI=1S/C38H52N8O6/c1-25(37(51)45-32(18-27-11-5-3-6-12-27)34(48)19-29(36(41)50)15-9-10-16-39)17-33(47)26(2)44-38(52)46(22-28-13-7-4-8-14-28)23-35(49)31(40)20-30-21-42-24-43-30/h3-8,11-14,21,24-26,29,31-32H,9-10,15-20,22-23,39-40H2,1-2H3,(H2,41,50)(H,42,43)(H,44,52)(H,45,51)/t25-,26+,29-,31+,32-/m1/s1. The minimum Gasteiger partial charge on any atom is -0.369 e. The number of imidazole rings is 1. The van der Waals surface area contributed by atoms with Crippen molar-refractivity contribution >= 4 is 35.2 Å². The Labute approximate surface area is 304 Å². The summed E-state index contributed by atoms with van der Waals surface area (Å²) in [6.07, 6.45) is 4.84. The number of benzene rings is 2. The first-order chi connectivity index (χ1) is 24.9. The number of nitrogens with two attached hydrogens (primary N) is 3. The molecule has 0 radical (unpaired) electrons. The van der Waals surface area contributed by atoms with Crippen LogP contribution in [0.15, 0.2) is 73.2 Å². The van der Waals surface area contributed by atoms with Gasteiger partial charge in [-0.25, -0.2) is 9.78 Å². The van der Waals surface area contributed by atoms with E-state index in [2.05, 4.69) is 20.6 Å². The van der Waals surface area contributed by atoms with E-state index < -0.39 is 53.6 Å². The molecule has 0 aliphatic rings. The number of rotatable bonds is 23. The first kappa shape index (κ1) is 41.2. The molecule has 3 aromatic rings. The van der Waals surface area contributed by atoms with Gasteiger partial charge in [-0.2, -0.15) is 0 Å². The highest BCUT2D eigenvalue weighted by molar-refractivity contribution is 5.95. The number of carbonyl (C=O) groups excluding carboxylic acids is 6. The molecule has 4 amide bonds. The van der Waals surface area contributed by atoms with Crippen LogP contribution in [0.2, 0.25) is 0 Å². The SMILES string of the molecule is C[C@H](CC(=O)[C@H](C)NC(=O)N(CC(=O)[C@@H](N)Cc1cnc[nH]1)Cc1ccccc1)C(=O)N[C@H](Cc1ccccc1)C(=O)C[C@@H](CCCCN)C(N)=O. The summed E-state index contributed by atoms with van der Waals surface area (Å²) in [5.41, 5.74) is 19.6. The molecule has 0 saturated heterocycles. The molecule has 0 saturated carbocycles.